The van der Waals surface area contributed by atoms with Crippen LogP contribution in [0.5, 0.6) is 0 Å². The van der Waals surface area contributed by atoms with Gasteiger partial charge in [-0.05, 0) is 37.9 Å². The van der Waals surface area contributed by atoms with Gasteiger partial charge in [-0.25, -0.2) is 0 Å². The smallest absolute Gasteiger partial charge is 0.0559 e. The Morgan fingerprint density at radius 1 is 1.46 bits per heavy atom. The van der Waals surface area contributed by atoms with Crippen molar-refractivity contribution in [1.29, 1.82) is 0 Å². The van der Waals surface area contributed by atoms with Crippen molar-refractivity contribution < 1.29 is 0 Å². The zero-order valence-electron chi connectivity index (χ0n) is 7.67. The summed E-state index contributed by atoms with van der Waals surface area (Å²) < 4.78 is 3.18. The van der Waals surface area contributed by atoms with E-state index in [1.807, 2.05) is 44.2 Å². The first-order valence-corrected chi connectivity index (χ1v) is 5.24. The van der Waals surface area contributed by atoms with Crippen LogP contribution in [0.1, 0.15) is 13.8 Å². The number of benzene rings is 1. The fraction of sp³-hybridized carbons (Fsp3) is 0.200. The van der Waals surface area contributed by atoms with Crippen LogP contribution >= 0.6 is 23.5 Å². The average molecular weight is 214 g/mol. The maximum atomic E-state index is 5.97. The predicted octanol–water partition coefficient (Wildman–Crippen LogP) is 3.86. The molecule has 0 atom stereocenters. The second-order valence-electron chi connectivity index (χ2n) is 2.61. The van der Waals surface area contributed by atoms with Crippen molar-refractivity contribution in [2.75, 3.05) is 0 Å². The molecular formula is C10H12ClNS. The highest BCUT2D eigenvalue weighted by molar-refractivity contribution is 7.97. The van der Waals surface area contributed by atoms with Crippen molar-refractivity contribution in [1.82, 2.24) is 4.72 Å². The Bertz CT molecular complexity index is 310. The molecule has 0 spiro atoms. The number of halogens is 1. The molecule has 1 nitrogen and oxygen atoms in total. The van der Waals surface area contributed by atoms with Crippen LogP contribution in [0, 0.1) is 0 Å². The van der Waals surface area contributed by atoms with Gasteiger partial charge in [0.1, 0.15) is 0 Å². The van der Waals surface area contributed by atoms with Gasteiger partial charge >= 0.3 is 0 Å². The van der Waals surface area contributed by atoms with Gasteiger partial charge in [0.05, 0.1) is 5.02 Å². The summed E-state index contributed by atoms with van der Waals surface area (Å²) >= 11 is 7.50. The zero-order chi connectivity index (χ0) is 9.68. The summed E-state index contributed by atoms with van der Waals surface area (Å²) in [6.45, 7) is 4.01. The van der Waals surface area contributed by atoms with E-state index in [0.717, 1.165) is 15.6 Å². The van der Waals surface area contributed by atoms with Crippen molar-refractivity contribution in [2.45, 2.75) is 18.7 Å². The Morgan fingerprint density at radius 3 is 2.77 bits per heavy atom. The zero-order valence-corrected chi connectivity index (χ0v) is 9.25. The Balaban J connectivity index is 2.60. The summed E-state index contributed by atoms with van der Waals surface area (Å²) in [5.74, 6) is 0. The van der Waals surface area contributed by atoms with Crippen molar-refractivity contribution in [3.05, 3.63) is 41.1 Å². The van der Waals surface area contributed by atoms with Crippen LogP contribution in [-0.2, 0) is 0 Å². The monoisotopic (exact) mass is 213 g/mol. The summed E-state index contributed by atoms with van der Waals surface area (Å²) in [6, 6.07) is 7.77. The molecule has 0 radical (unpaired) electrons. The quantitative estimate of drug-likeness (QED) is 0.766. The largest absolute Gasteiger partial charge is 0.330 e. The molecular weight excluding hydrogens is 202 g/mol. The number of allylic oxidation sites excluding steroid dienone is 2. The third-order valence-electron chi connectivity index (χ3n) is 1.59. The number of hydrogen-bond acceptors (Lipinski definition) is 2. The molecule has 70 valence electrons. The minimum atomic E-state index is 0.781. The molecule has 0 bridgehead atoms. The number of nitrogens with one attached hydrogen (secondary N) is 1. The highest BCUT2D eigenvalue weighted by Gasteiger charge is 1.98. The predicted molar refractivity (Wildman–Crippen MR) is 59.9 cm³/mol. The molecule has 0 amide bonds. The minimum absolute atomic E-state index is 0.781. The Kier molecular flexibility index (Phi) is 4.19. The van der Waals surface area contributed by atoms with Gasteiger partial charge in [-0.3, -0.25) is 0 Å². The second-order valence-corrected chi connectivity index (χ2v) is 3.86. The van der Waals surface area contributed by atoms with Gasteiger partial charge in [-0.15, -0.1) is 0 Å². The van der Waals surface area contributed by atoms with Gasteiger partial charge < -0.3 is 4.72 Å². The minimum Gasteiger partial charge on any atom is -0.330 e. The van der Waals surface area contributed by atoms with Gasteiger partial charge in [-0.1, -0.05) is 29.8 Å². The SMILES string of the molecule is C/C=C(\C)NSc1ccccc1Cl. The lowest BCUT2D eigenvalue weighted by atomic mass is 10.4. The molecule has 0 unspecified atom stereocenters. The molecule has 0 saturated carbocycles. The van der Waals surface area contributed by atoms with Crippen LogP contribution in [-0.4, -0.2) is 0 Å². The Morgan fingerprint density at radius 2 is 2.15 bits per heavy atom. The third-order valence-corrected chi connectivity index (χ3v) is 3.03. The maximum absolute atomic E-state index is 5.97. The highest BCUT2D eigenvalue weighted by atomic mass is 35.5. The van der Waals surface area contributed by atoms with E-state index in [1.165, 1.54) is 11.9 Å². The molecule has 0 fully saturated rings. The van der Waals surface area contributed by atoms with Crippen molar-refractivity contribution in [3.63, 3.8) is 0 Å². The van der Waals surface area contributed by atoms with Crippen LogP contribution in [0.3, 0.4) is 0 Å². The molecule has 0 aliphatic heterocycles. The van der Waals surface area contributed by atoms with E-state index in [9.17, 15) is 0 Å². The molecule has 1 rings (SSSR count). The van der Waals surface area contributed by atoms with E-state index < -0.39 is 0 Å². The molecule has 13 heavy (non-hydrogen) atoms. The summed E-state index contributed by atoms with van der Waals surface area (Å²) in [6.07, 6.45) is 2.02. The van der Waals surface area contributed by atoms with Crippen LogP contribution in [0.25, 0.3) is 0 Å². The topological polar surface area (TPSA) is 12.0 Å². The lowest BCUT2D eigenvalue weighted by molar-refractivity contribution is 1.18. The third kappa shape index (κ3) is 3.33. The summed E-state index contributed by atoms with van der Waals surface area (Å²) in [5, 5.41) is 0.781. The van der Waals surface area contributed by atoms with Gasteiger partial charge in [0.25, 0.3) is 0 Å². The van der Waals surface area contributed by atoms with Gasteiger partial charge in [0.2, 0.25) is 0 Å². The highest BCUT2D eigenvalue weighted by Crippen LogP contribution is 2.24. The summed E-state index contributed by atoms with van der Waals surface area (Å²) in [4.78, 5) is 1.05. The second kappa shape index (κ2) is 5.20. The van der Waals surface area contributed by atoms with Crippen LogP contribution < -0.4 is 4.72 Å². The fourth-order valence-electron chi connectivity index (χ4n) is 0.722. The van der Waals surface area contributed by atoms with Crippen LogP contribution in [0.2, 0.25) is 5.02 Å². The van der Waals surface area contributed by atoms with Crippen molar-refractivity contribution >= 4 is 23.5 Å². The molecule has 3 heteroatoms. The molecule has 1 aromatic rings. The summed E-state index contributed by atoms with van der Waals surface area (Å²) in [5.41, 5.74) is 1.13. The van der Waals surface area contributed by atoms with Crippen LogP contribution in [0.15, 0.2) is 40.9 Å². The first-order valence-electron chi connectivity index (χ1n) is 4.04. The first-order chi connectivity index (χ1) is 6.24. The van der Waals surface area contributed by atoms with Gasteiger partial charge in [-0.2, -0.15) is 0 Å². The Hall–Kier alpha value is -0.600. The number of rotatable bonds is 3. The first kappa shape index (κ1) is 10.5. The fourth-order valence-corrected chi connectivity index (χ4v) is 1.67. The molecule has 0 heterocycles. The maximum Gasteiger partial charge on any atom is 0.0559 e. The average Bonchev–Trinajstić information content (AvgIpc) is 2.16. The number of hydrogen-bond donors (Lipinski definition) is 1. The van der Waals surface area contributed by atoms with Gasteiger partial charge in [0, 0.05) is 10.6 Å². The van der Waals surface area contributed by atoms with Crippen LogP contribution in [0.4, 0.5) is 0 Å². The van der Waals surface area contributed by atoms with E-state index in [2.05, 4.69) is 4.72 Å². The molecule has 1 N–H and O–H groups in total. The molecule has 0 saturated heterocycles. The lowest BCUT2D eigenvalue weighted by Gasteiger charge is -2.05. The van der Waals surface area contributed by atoms with Gasteiger partial charge in [0.15, 0.2) is 0 Å². The molecule has 0 aliphatic rings. The van der Waals surface area contributed by atoms with E-state index in [1.54, 1.807) is 0 Å². The van der Waals surface area contributed by atoms with E-state index in [0.29, 0.717) is 0 Å². The van der Waals surface area contributed by atoms with Crippen molar-refractivity contribution in [2.24, 2.45) is 0 Å². The van der Waals surface area contributed by atoms with E-state index >= 15 is 0 Å². The van der Waals surface area contributed by atoms with Crippen molar-refractivity contribution in [3.8, 4) is 0 Å². The lowest BCUT2D eigenvalue weighted by Crippen LogP contribution is -1.98. The molecule has 1 aromatic carbocycles. The standard InChI is InChI=1S/C10H12ClNS/c1-3-8(2)12-13-10-7-5-4-6-9(10)11/h3-7,12H,1-2H3/b8-3+. The summed E-state index contributed by atoms with van der Waals surface area (Å²) in [7, 11) is 0. The Labute approximate surface area is 88.3 Å². The van der Waals surface area contributed by atoms with E-state index in [-0.39, 0.29) is 0 Å². The molecule has 0 aromatic heterocycles. The van der Waals surface area contributed by atoms with E-state index in [4.69, 9.17) is 11.6 Å². The molecule has 0 aliphatic carbocycles. The normalized spacial score (nSPS) is 11.5.